The lowest BCUT2D eigenvalue weighted by Crippen LogP contribution is -2.01. The maximum absolute atomic E-state index is 9.94. The van der Waals surface area contributed by atoms with Crippen LogP contribution in [0.5, 0.6) is 11.5 Å². The first-order chi connectivity index (χ1) is 10.2. The van der Waals surface area contributed by atoms with Gasteiger partial charge in [-0.3, -0.25) is 0 Å². The molecule has 1 aromatic carbocycles. The van der Waals surface area contributed by atoms with Gasteiger partial charge in [-0.2, -0.15) is 9.61 Å². The minimum atomic E-state index is 0.0974. The SMILES string of the molecule is Oc1ccc(O)c(-c2nn3c(C4CCCC4)nnc3s2)c1. The Morgan fingerprint density at radius 1 is 1.14 bits per heavy atom. The lowest BCUT2D eigenvalue weighted by atomic mass is 10.1. The summed E-state index contributed by atoms with van der Waals surface area (Å²) in [5.41, 5.74) is 0.517. The van der Waals surface area contributed by atoms with Crippen LogP contribution >= 0.6 is 11.3 Å². The summed E-state index contributed by atoms with van der Waals surface area (Å²) in [4.78, 5) is 0.717. The third kappa shape index (κ3) is 2.04. The first-order valence-electron chi connectivity index (χ1n) is 6.97. The van der Waals surface area contributed by atoms with Crippen LogP contribution in [-0.4, -0.2) is 30.0 Å². The summed E-state index contributed by atoms with van der Waals surface area (Å²) in [6, 6.07) is 4.42. The Labute approximate surface area is 124 Å². The van der Waals surface area contributed by atoms with Crippen molar-refractivity contribution < 1.29 is 10.2 Å². The molecule has 0 saturated heterocycles. The summed E-state index contributed by atoms with van der Waals surface area (Å²) in [5, 5.41) is 33.1. The number of hydrogen-bond acceptors (Lipinski definition) is 6. The molecule has 2 aromatic heterocycles. The van der Waals surface area contributed by atoms with Gasteiger partial charge in [0.15, 0.2) is 10.8 Å². The molecule has 0 aliphatic heterocycles. The molecule has 6 nitrogen and oxygen atoms in total. The van der Waals surface area contributed by atoms with Crippen LogP contribution in [0, 0.1) is 0 Å². The van der Waals surface area contributed by atoms with Crippen LogP contribution in [0.2, 0.25) is 0 Å². The standard InChI is InChI=1S/C14H14N4O2S/c19-9-5-6-11(20)10(7-9)13-17-18-12(8-3-1-2-4-8)15-16-14(18)21-13/h5-8,19-20H,1-4H2. The molecular weight excluding hydrogens is 288 g/mol. The number of aromatic hydroxyl groups is 2. The Balaban J connectivity index is 1.82. The second kappa shape index (κ2) is 4.70. The molecule has 0 bridgehead atoms. The van der Waals surface area contributed by atoms with Gasteiger partial charge < -0.3 is 10.2 Å². The van der Waals surface area contributed by atoms with Gasteiger partial charge in [0.1, 0.15) is 11.5 Å². The first kappa shape index (κ1) is 12.6. The van der Waals surface area contributed by atoms with E-state index < -0.39 is 0 Å². The minimum absolute atomic E-state index is 0.0974. The van der Waals surface area contributed by atoms with Gasteiger partial charge in [0.05, 0.1) is 5.56 Å². The molecular formula is C14H14N4O2S. The van der Waals surface area contributed by atoms with E-state index in [9.17, 15) is 10.2 Å². The first-order valence-corrected chi connectivity index (χ1v) is 7.78. The van der Waals surface area contributed by atoms with Crippen molar-refractivity contribution in [2.75, 3.05) is 0 Å². The Hall–Kier alpha value is -2.15. The Morgan fingerprint density at radius 2 is 1.95 bits per heavy atom. The second-order valence-corrected chi connectivity index (χ2v) is 6.30. The van der Waals surface area contributed by atoms with Crippen molar-refractivity contribution in [3.8, 4) is 22.1 Å². The van der Waals surface area contributed by atoms with Crippen LogP contribution in [0.25, 0.3) is 15.5 Å². The zero-order valence-electron chi connectivity index (χ0n) is 11.2. The van der Waals surface area contributed by atoms with Crippen molar-refractivity contribution in [1.29, 1.82) is 0 Å². The molecule has 1 fully saturated rings. The summed E-state index contributed by atoms with van der Waals surface area (Å²) in [7, 11) is 0. The smallest absolute Gasteiger partial charge is 0.234 e. The van der Waals surface area contributed by atoms with Gasteiger partial charge in [0.2, 0.25) is 4.96 Å². The number of fused-ring (bicyclic) bond motifs is 1. The summed E-state index contributed by atoms with van der Waals surface area (Å²) < 4.78 is 1.78. The summed E-state index contributed by atoms with van der Waals surface area (Å²) in [6.45, 7) is 0. The highest BCUT2D eigenvalue weighted by atomic mass is 32.1. The molecule has 3 aromatic rings. The van der Waals surface area contributed by atoms with Crippen LogP contribution in [0.1, 0.15) is 37.4 Å². The Bertz CT molecular complexity index is 805. The number of phenolic OH excluding ortho intramolecular Hbond substituents is 2. The van der Waals surface area contributed by atoms with E-state index in [0.29, 0.717) is 16.5 Å². The van der Waals surface area contributed by atoms with Crippen molar-refractivity contribution in [1.82, 2.24) is 19.8 Å². The molecule has 4 rings (SSSR count). The van der Waals surface area contributed by atoms with Crippen LogP contribution < -0.4 is 0 Å². The van der Waals surface area contributed by atoms with Gasteiger partial charge in [-0.25, -0.2) is 0 Å². The van der Waals surface area contributed by atoms with E-state index >= 15 is 0 Å². The van der Waals surface area contributed by atoms with E-state index in [2.05, 4.69) is 15.3 Å². The zero-order chi connectivity index (χ0) is 14.4. The average Bonchev–Trinajstić information content (AvgIpc) is 3.15. The van der Waals surface area contributed by atoms with Gasteiger partial charge in [0.25, 0.3) is 0 Å². The number of nitrogens with zero attached hydrogens (tertiary/aromatic N) is 4. The van der Waals surface area contributed by atoms with E-state index in [4.69, 9.17) is 0 Å². The predicted molar refractivity (Wildman–Crippen MR) is 78.6 cm³/mol. The second-order valence-electron chi connectivity index (χ2n) is 5.34. The molecule has 21 heavy (non-hydrogen) atoms. The molecule has 0 radical (unpaired) electrons. The number of hydrogen-bond donors (Lipinski definition) is 2. The van der Waals surface area contributed by atoms with Crippen LogP contribution in [0.3, 0.4) is 0 Å². The highest BCUT2D eigenvalue weighted by Crippen LogP contribution is 2.37. The lowest BCUT2D eigenvalue weighted by Gasteiger charge is -2.04. The van der Waals surface area contributed by atoms with Crippen molar-refractivity contribution >= 4 is 16.3 Å². The molecule has 0 atom stereocenters. The summed E-state index contributed by atoms with van der Waals surface area (Å²) in [5.74, 6) is 1.53. The highest BCUT2D eigenvalue weighted by molar-refractivity contribution is 7.19. The number of rotatable bonds is 2. The normalized spacial score (nSPS) is 16.0. The Morgan fingerprint density at radius 3 is 2.76 bits per heavy atom. The van der Waals surface area contributed by atoms with E-state index in [0.717, 1.165) is 23.6 Å². The quantitative estimate of drug-likeness (QED) is 0.711. The van der Waals surface area contributed by atoms with E-state index in [1.807, 2.05) is 0 Å². The molecule has 2 heterocycles. The maximum Gasteiger partial charge on any atom is 0.234 e. The van der Waals surface area contributed by atoms with Gasteiger partial charge in [-0.15, -0.1) is 10.2 Å². The van der Waals surface area contributed by atoms with Gasteiger partial charge in [0, 0.05) is 5.92 Å². The van der Waals surface area contributed by atoms with E-state index in [-0.39, 0.29) is 11.5 Å². The van der Waals surface area contributed by atoms with E-state index in [1.165, 1.54) is 42.4 Å². The largest absolute Gasteiger partial charge is 0.508 e. The minimum Gasteiger partial charge on any atom is -0.508 e. The van der Waals surface area contributed by atoms with Crippen LogP contribution in [-0.2, 0) is 0 Å². The lowest BCUT2D eigenvalue weighted by molar-refractivity contribution is 0.462. The molecule has 0 amide bonds. The van der Waals surface area contributed by atoms with Crippen molar-refractivity contribution in [3.63, 3.8) is 0 Å². The number of phenols is 2. The highest BCUT2D eigenvalue weighted by Gasteiger charge is 2.24. The fourth-order valence-electron chi connectivity index (χ4n) is 2.87. The zero-order valence-corrected chi connectivity index (χ0v) is 12.0. The van der Waals surface area contributed by atoms with Crippen molar-refractivity contribution in [2.24, 2.45) is 0 Å². The van der Waals surface area contributed by atoms with Crippen molar-refractivity contribution in [2.45, 2.75) is 31.6 Å². The molecule has 1 aliphatic carbocycles. The molecule has 108 valence electrons. The average molecular weight is 302 g/mol. The number of benzene rings is 1. The monoisotopic (exact) mass is 302 g/mol. The predicted octanol–water partition coefficient (Wildman–Crippen LogP) is 2.92. The molecule has 1 saturated carbocycles. The summed E-state index contributed by atoms with van der Waals surface area (Å²) >= 11 is 1.36. The van der Waals surface area contributed by atoms with Gasteiger partial charge in [-0.1, -0.05) is 24.2 Å². The topological polar surface area (TPSA) is 83.5 Å². The van der Waals surface area contributed by atoms with E-state index in [1.54, 1.807) is 4.52 Å². The third-order valence-corrected chi connectivity index (χ3v) is 4.88. The molecule has 0 unspecified atom stereocenters. The fraction of sp³-hybridized carbons (Fsp3) is 0.357. The molecule has 7 heteroatoms. The van der Waals surface area contributed by atoms with Crippen LogP contribution in [0.15, 0.2) is 18.2 Å². The number of aromatic nitrogens is 4. The molecule has 0 spiro atoms. The van der Waals surface area contributed by atoms with Gasteiger partial charge in [-0.05, 0) is 31.0 Å². The summed E-state index contributed by atoms with van der Waals surface area (Å²) in [6.07, 6.45) is 4.71. The maximum atomic E-state index is 9.94. The molecule has 1 aliphatic rings. The third-order valence-electron chi connectivity index (χ3n) is 3.95. The molecule has 2 N–H and O–H groups in total. The van der Waals surface area contributed by atoms with Crippen molar-refractivity contribution in [3.05, 3.63) is 24.0 Å². The van der Waals surface area contributed by atoms with Gasteiger partial charge >= 0.3 is 0 Å². The Kier molecular flexibility index (Phi) is 2.81. The fourth-order valence-corrected chi connectivity index (χ4v) is 3.75. The van der Waals surface area contributed by atoms with Crippen LogP contribution in [0.4, 0.5) is 0 Å².